The highest BCUT2D eigenvalue weighted by Crippen LogP contribution is 2.21. The lowest BCUT2D eigenvalue weighted by molar-refractivity contribution is 0.251. The van der Waals surface area contributed by atoms with Crippen LogP contribution in [0.2, 0.25) is 0 Å². The summed E-state index contributed by atoms with van der Waals surface area (Å²) in [6, 6.07) is 14.8. The Morgan fingerprint density at radius 2 is 1.95 bits per heavy atom. The van der Waals surface area contributed by atoms with Crippen LogP contribution in [-0.4, -0.2) is 18.1 Å². The van der Waals surface area contributed by atoms with Gasteiger partial charge in [0.25, 0.3) is 0 Å². The number of nitrogens with one attached hydrogen (secondary N) is 2. The molecule has 1 aromatic heterocycles. The summed E-state index contributed by atoms with van der Waals surface area (Å²) in [4.78, 5) is 16.4. The van der Waals surface area contributed by atoms with E-state index in [1.54, 1.807) is 42.7 Å². The van der Waals surface area contributed by atoms with Crippen molar-refractivity contribution in [2.45, 2.75) is 6.54 Å². The molecule has 0 spiro atoms. The summed E-state index contributed by atoms with van der Waals surface area (Å²) in [5.74, 6) is 0.750. The number of fused-ring (bicyclic) bond motifs is 1. The van der Waals surface area contributed by atoms with E-state index in [1.165, 1.54) is 0 Å². The summed E-state index contributed by atoms with van der Waals surface area (Å²) in [5.41, 5.74) is 1.67. The third-order valence-electron chi connectivity index (χ3n) is 3.09. The van der Waals surface area contributed by atoms with E-state index in [-0.39, 0.29) is 6.03 Å². The average molecular weight is 313 g/mol. The quantitative estimate of drug-likeness (QED) is 0.773. The zero-order chi connectivity index (χ0) is 15.4. The average Bonchev–Trinajstić information content (AvgIpc) is 2.96. The molecule has 5 nitrogen and oxygen atoms in total. The molecule has 3 aromatic rings. The molecule has 2 amide bonds. The van der Waals surface area contributed by atoms with Gasteiger partial charge in [-0.2, -0.15) is 0 Å². The molecule has 6 heteroatoms. The van der Waals surface area contributed by atoms with Crippen LogP contribution in [0.25, 0.3) is 10.2 Å². The van der Waals surface area contributed by atoms with Crippen LogP contribution in [0.5, 0.6) is 5.75 Å². The number of ether oxygens (including phenoxy) is 1. The van der Waals surface area contributed by atoms with Crippen LogP contribution in [0.15, 0.2) is 48.5 Å². The summed E-state index contributed by atoms with van der Waals surface area (Å²) in [6.07, 6.45) is 0. The molecule has 1 heterocycles. The molecule has 2 aromatic carbocycles. The van der Waals surface area contributed by atoms with Crippen LogP contribution in [-0.2, 0) is 6.54 Å². The number of rotatable bonds is 4. The molecule has 0 saturated carbocycles. The number of methoxy groups -OCH3 is 1. The number of nitrogens with zero attached hydrogens (tertiary/aromatic N) is 1. The van der Waals surface area contributed by atoms with Crippen molar-refractivity contribution in [3.63, 3.8) is 0 Å². The summed E-state index contributed by atoms with van der Waals surface area (Å²) in [5, 5.41) is 6.45. The Kier molecular flexibility index (Phi) is 4.20. The summed E-state index contributed by atoms with van der Waals surface area (Å²) >= 11 is 1.58. The second kappa shape index (κ2) is 6.44. The number of hydrogen-bond donors (Lipinski definition) is 2. The number of para-hydroxylation sites is 1. The minimum absolute atomic E-state index is 0.260. The summed E-state index contributed by atoms with van der Waals surface area (Å²) in [6.45, 7) is 0.404. The van der Waals surface area contributed by atoms with Gasteiger partial charge in [0.15, 0.2) is 0 Å². The lowest BCUT2D eigenvalue weighted by atomic mass is 10.3. The highest BCUT2D eigenvalue weighted by atomic mass is 32.1. The SMILES string of the molecule is COc1ccc(NC(=O)NCc2nc3ccccc3s2)cc1. The van der Waals surface area contributed by atoms with E-state index in [2.05, 4.69) is 15.6 Å². The first-order valence-electron chi connectivity index (χ1n) is 6.78. The van der Waals surface area contributed by atoms with Gasteiger partial charge in [-0.3, -0.25) is 0 Å². The molecule has 0 saturated heterocycles. The molecule has 0 atom stereocenters. The Bertz CT molecular complexity index is 750. The number of benzene rings is 2. The molecular formula is C16H15N3O2S. The Morgan fingerprint density at radius 1 is 1.18 bits per heavy atom. The van der Waals surface area contributed by atoms with Crippen LogP contribution < -0.4 is 15.4 Å². The lowest BCUT2D eigenvalue weighted by Crippen LogP contribution is -2.28. The van der Waals surface area contributed by atoms with E-state index in [1.807, 2.05) is 24.3 Å². The normalized spacial score (nSPS) is 10.4. The van der Waals surface area contributed by atoms with Gasteiger partial charge in [0.2, 0.25) is 0 Å². The molecule has 0 aliphatic carbocycles. The van der Waals surface area contributed by atoms with Crippen LogP contribution in [0.1, 0.15) is 5.01 Å². The van der Waals surface area contributed by atoms with Crippen LogP contribution in [0.3, 0.4) is 0 Å². The number of amides is 2. The Hall–Kier alpha value is -2.60. The molecule has 0 unspecified atom stereocenters. The highest BCUT2D eigenvalue weighted by molar-refractivity contribution is 7.18. The number of anilines is 1. The molecule has 112 valence electrons. The van der Waals surface area contributed by atoms with E-state index in [4.69, 9.17) is 4.74 Å². The first-order chi connectivity index (χ1) is 10.7. The third-order valence-corrected chi connectivity index (χ3v) is 4.12. The fraction of sp³-hybridized carbons (Fsp3) is 0.125. The zero-order valence-electron chi connectivity index (χ0n) is 12.0. The van der Waals surface area contributed by atoms with Crippen LogP contribution in [0, 0.1) is 0 Å². The van der Waals surface area contributed by atoms with E-state index < -0.39 is 0 Å². The molecule has 0 aliphatic heterocycles. The lowest BCUT2D eigenvalue weighted by Gasteiger charge is -2.07. The molecule has 3 rings (SSSR count). The number of aromatic nitrogens is 1. The standard InChI is InChI=1S/C16H15N3O2S/c1-21-12-8-6-11(7-9-12)18-16(20)17-10-15-19-13-4-2-3-5-14(13)22-15/h2-9H,10H2,1H3,(H2,17,18,20). The van der Waals surface area contributed by atoms with Crippen molar-refractivity contribution in [1.29, 1.82) is 0 Å². The zero-order valence-corrected chi connectivity index (χ0v) is 12.8. The van der Waals surface area contributed by atoms with Gasteiger partial charge in [0.05, 0.1) is 23.9 Å². The largest absolute Gasteiger partial charge is 0.497 e. The predicted molar refractivity (Wildman–Crippen MR) is 88.5 cm³/mol. The topological polar surface area (TPSA) is 63.2 Å². The van der Waals surface area contributed by atoms with Gasteiger partial charge in [0, 0.05) is 5.69 Å². The number of carbonyl (C=O) groups excluding carboxylic acids is 1. The fourth-order valence-corrected chi connectivity index (χ4v) is 2.91. The number of thiazole rings is 1. The van der Waals surface area contributed by atoms with E-state index in [9.17, 15) is 4.79 Å². The maximum absolute atomic E-state index is 11.9. The van der Waals surface area contributed by atoms with Gasteiger partial charge in [0.1, 0.15) is 10.8 Å². The van der Waals surface area contributed by atoms with E-state index >= 15 is 0 Å². The maximum Gasteiger partial charge on any atom is 0.319 e. The first-order valence-corrected chi connectivity index (χ1v) is 7.59. The minimum atomic E-state index is -0.260. The first kappa shape index (κ1) is 14.3. The van der Waals surface area contributed by atoms with Gasteiger partial charge in [-0.15, -0.1) is 11.3 Å². The number of carbonyl (C=O) groups is 1. The van der Waals surface area contributed by atoms with Gasteiger partial charge in [-0.1, -0.05) is 12.1 Å². The van der Waals surface area contributed by atoms with Crippen molar-refractivity contribution in [2.24, 2.45) is 0 Å². The number of urea groups is 1. The van der Waals surface area contributed by atoms with Crippen molar-refractivity contribution in [3.8, 4) is 5.75 Å². The van der Waals surface area contributed by atoms with E-state index in [0.29, 0.717) is 12.2 Å². The van der Waals surface area contributed by atoms with Crippen molar-refractivity contribution in [3.05, 3.63) is 53.5 Å². The van der Waals surface area contributed by atoms with Crippen molar-refractivity contribution >= 4 is 33.3 Å². The smallest absolute Gasteiger partial charge is 0.319 e. The second-order valence-corrected chi connectivity index (χ2v) is 5.73. The monoisotopic (exact) mass is 313 g/mol. The summed E-state index contributed by atoms with van der Waals surface area (Å²) in [7, 11) is 1.60. The maximum atomic E-state index is 11.9. The van der Waals surface area contributed by atoms with Crippen LogP contribution >= 0.6 is 11.3 Å². The molecule has 0 fully saturated rings. The fourth-order valence-electron chi connectivity index (χ4n) is 2.00. The second-order valence-electron chi connectivity index (χ2n) is 4.61. The Labute approximate surface area is 131 Å². The molecule has 2 N–H and O–H groups in total. The Balaban J connectivity index is 1.57. The van der Waals surface area contributed by atoms with E-state index in [0.717, 1.165) is 21.0 Å². The molecule has 0 aliphatic rings. The molecular weight excluding hydrogens is 298 g/mol. The van der Waals surface area contributed by atoms with Gasteiger partial charge in [-0.05, 0) is 36.4 Å². The number of hydrogen-bond acceptors (Lipinski definition) is 4. The molecule has 0 bridgehead atoms. The Morgan fingerprint density at radius 3 is 2.68 bits per heavy atom. The summed E-state index contributed by atoms with van der Waals surface area (Å²) < 4.78 is 6.19. The van der Waals surface area contributed by atoms with Crippen molar-refractivity contribution < 1.29 is 9.53 Å². The van der Waals surface area contributed by atoms with Crippen LogP contribution in [0.4, 0.5) is 10.5 Å². The minimum Gasteiger partial charge on any atom is -0.497 e. The molecule has 0 radical (unpaired) electrons. The molecule has 22 heavy (non-hydrogen) atoms. The highest BCUT2D eigenvalue weighted by Gasteiger charge is 2.06. The van der Waals surface area contributed by atoms with Gasteiger partial charge >= 0.3 is 6.03 Å². The van der Waals surface area contributed by atoms with Gasteiger partial charge < -0.3 is 15.4 Å². The van der Waals surface area contributed by atoms with Crippen molar-refractivity contribution in [1.82, 2.24) is 10.3 Å². The van der Waals surface area contributed by atoms with Gasteiger partial charge in [-0.25, -0.2) is 9.78 Å². The van der Waals surface area contributed by atoms with Crippen molar-refractivity contribution in [2.75, 3.05) is 12.4 Å². The third kappa shape index (κ3) is 3.35. The predicted octanol–water partition coefficient (Wildman–Crippen LogP) is 3.63.